The van der Waals surface area contributed by atoms with Crippen LogP contribution >= 0.6 is 0 Å². The number of hydrogen-bond donors (Lipinski definition) is 1. The molecule has 1 amide bonds. The smallest absolute Gasteiger partial charge is 0.251 e. The van der Waals surface area contributed by atoms with Crippen molar-refractivity contribution in [2.24, 2.45) is 5.92 Å². The molecule has 0 aliphatic carbocycles. The molecule has 1 aromatic rings. The minimum atomic E-state index is -3.61. The van der Waals surface area contributed by atoms with Crippen LogP contribution in [0.5, 0.6) is 0 Å². The van der Waals surface area contributed by atoms with Crippen LogP contribution in [-0.2, 0) is 14.8 Å². The number of ether oxygens (including phenoxy) is 1. The lowest BCUT2D eigenvalue weighted by atomic mass is 10.0. The van der Waals surface area contributed by atoms with Crippen LogP contribution in [0.4, 0.5) is 0 Å². The Kier molecular flexibility index (Phi) is 7.16. The first kappa shape index (κ1) is 20.8. The molecule has 1 aliphatic heterocycles. The molecule has 1 aliphatic rings. The Morgan fingerprint density at radius 1 is 1.27 bits per heavy atom. The normalized spacial score (nSPS) is 17.5. The number of likely N-dealkylation sites (N-methyl/N-ethyl adjacent to an activating group) is 1. The summed E-state index contributed by atoms with van der Waals surface area (Å²) in [5, 5.41) is 2.91. The van der Waals surface area contributed by atoms with E-state index in [4.69, 9.17) is 4.74 Å². The number of rotatable bonds is 7. The molecule has 1 fully saturated rings. The summed E-state index contributed by atoms with van der Waals surface area (Å²) in [4.78, 5) is 14.7. The van der Waals surface area contributed by atoms with E-state index in [9.17, 15) is 13.2 Å². The molecule has 0 radical (unpaired) electrons. The van der Waals surface area contributed by atoms with Gasteiger partial charge in [0, 0.05) is 31.2 Å². The molecule has 1 heterocycles. The van der Waals surface area contributed by atoms with Gasteiger partial charge in [0.15, 0.2) is 0 Å². The van der Waals surface area contributed by atoms with E-state index in [2.05, 4.69) is 24.1 Å². The molecule has 0 aromatic heterocycles. The molecule has 0 saturated carbocycles. The maximum atomic E-state index is 12.7. The second-order valence-electron chi connectivity index (χ2n) is 7.03. The molecule has 146 valence electrons. The molecule has 1 unspecified atom stereocenters. The molecule has 26 heavy (non-hydrogen) atoms. The van der Waals surface area contributed by atoms with Crippen LogP contribution < -0.4 is 5.32 Å². The van der Waals surface area contributed by atoms with Crippen LogP contribution in [0.3, 0.4) is 0 Å². The highest BCUT2D eigenvalue weighted by Crippen LogP contribution is 2.18. The van der Waals surface area contributed by atoms with Crippen LogP contribution in [0.25, 0.3) is 0 Å². The molecule has 1 aromatic carbocycles. The summed E-state index contributed by atoms with van der Waals surface area (Å²) in [5.74, 6) is 0.120. The van der Waals surface area contributed by atoms with Crippen molar-refractivity contribution in [2.75, 3.05) is 46.9 Å². The molecule has 1 atom stereocenters. The van der Waals surface area contributed by atoms with Gasteiger partial charge in [-0.05, 0) is 38.2 Å². The Bertz CT molecular complexity index is 705. The number of hydrogen-bond acceptors (Lipinski definition) is 5. The topological polar surface area (TPSA) is 79.0 Å². The summed E-state index contributed by atoms with van der Waals surface area (Å²) in [5.41, 5.74) is 0.348. The van der Waals surface area contributed by atoms with E-state index in [-0.39, 0.29) is 16.8 Å². The highest BCUT2D eigenvalue weighted by atomic mass is 32.2. The van der Waals surface area contributed by atoms with E-state index < -0.39 is 10.0 Å². The summed E-state index contributed by atoms with van der Waals surface area (Å²) in [6.07, 6.45) is 0. The quantitative estimate of drug-likeness (QED) is 0.761. The molecule has 7 nitrogen and oxygen atoms in total. The Morgan fingerprint density at radius 3 is 2.50 bits per heavy atom. The first-order valence-corrected chi connectivity index (χ1v) is 10.3. The van der Waals surface area contributed by atoms with Crippen molar-refractivity contribution < 1.29 is 17.9 Å². The van der Waals surface area contributed by atoms with Gasteiger partial charge in [-0.2, -0.15) is 4.31 Å². The van der Waals surface area contributed by atoms with Gasteiger partial charge in [-0.15, -0.1) is 0 Å². The highest BCUT2D eigenvalue weighted by molar-refractivity contribution is 7.89. The average Bonchev–Trinajstić information content (AvgIpc) is 2.62. The third-order valence-electron chi connectivity index (χ3n) is 4.61. The molecular formula is C18H29N3O4S. The van der Waals surface area contributed by atoms with Crippen LogP contribution in [0.15, 0.2) is 29.2 Å². The zero-order valence-corrected chi connectivity index (χ0v) is 16.8. The summed E-state index contributed by atoms with van der Waals surface area (Å²) in [6.45, 7) is 6.15. The Labute approximate surface area is 156 Å². The van der Waals surface area contributed by atoms with E-state index in [1.165, 1.54) is 16.4 Å². The molecular weight excluding hydrogens is 354 g/mol. The van der Waals surface area contributed by atoms with Crippen molar-refractivity contribution in [2.45, 2.75) is 24.8 Å². The second-order valence-corrected chi connectivity index (χ2v) is 8.97. The summed E-state index contributed by atoms with van der Waals surface area (Å²) >= 11 is 0. The largest absolute Gasteiger partial charge is 0.379 e. The van der Waals surface area contributed by atoms with Crippen molar-refractivity contribution in [1.29, 1.82) is 0 Å². The van der Waals surface area contributed by atoms with Gasteiger partial charge in [0.05, 0.1) is 18.1 Å². The van der Waals surface area contributed by atoms with E-state index in [1.807, 2.05) is 14.1 Å². The van der Waals surface area contributed by atoms with Gasteiger partial charge in [-0.25, -0.2) is 8.42 Å². The number of amides is 1. The first-order valence-electron chi connectivity index (χ1n) is 8.86. The van der Waals surface area contributed by atoms with E-state index in [0.29, 0.717) is 44.3 Å². The minimum Gasteiger partial charge on any atom is -0.379 e. The van der Waals surface area contributed by atoms with E-state index >= 15 is 0 Å². The van der Waals surface area contributed by atoms with Gasteiger partial charge in [-0.1, -0.05) is 19.9 Å². The van der Waals surface area contributed by atoms with Gasteiger partial charge in [-0.3, -0.25) is 4.79 Å². The summed E-state index contributed by atoms with van der Waals surface area (Å²) in [7, 11) is 0.346. The minimum absolute atomic E-state index is 0.139. The van der Waals surface area contributed by atoms with Crippen molar-refractivity contribution >= 4 is 15.9 Å². The summed E-state index contributed by atoms with van der Waals surface area (Å²) in [6, 6.07) is 6.42. The van der Waals surface area contributed by atoms with Gasteiger partial charge >= 0.3 is 0 Å². The zero-order valence-electron chi connectivity index (χ0n) is 15.9. The summed E-state index contributed by atoms with van der Waals surface area (Å²) < 4.78 is 32.1. The number of benzene rings is 1. The number of nitrogens with zero attached hydrogens (tertiary/aromatic N) is 2. The van der Waals surface area contributed by atoms with Gasteiger partial charge in [0.1, 0.15) is 0 Å². The lowest BCUT2D eigenvalue weighted by molar-refractivity contribution is 0.0730. The van der Waals surface area contributed by atoms with E-state index in [0.717, 1.165) is 0 Å². The Morgan fingerprint density at radius 2 is 1.92 bits per heavy atom. The Balaban J connectivity index is 2.11. The lowest BCUT2D eigenvalue weighted by Crippen LogP contribution is -2.43. The fourth-order valence-corrected chi connectivity index (χ4v) is 4.50. The molecule has 8 heteroatoms. The maximum absolute atomic E-state index is 12.7. The Hall–Kier alpha value is -1.48. The second kappa shape index (κ2) is 8.94. The molecule has 0 spiro atoms. The number of sulfonamides is 1. The van der Waals surface area contributed by atoms with Gasteiger partial charge < -0.3 is 15.0 Å². The lowest BCUT2D eigenvalue weighted by Gasteiger charge is -2.28. The van der Waals surface area contributed by atoms with Crippen molar-refractivity contribution in [3.63, 3.8) is 0 Å². The molecule has 1 N–H and O–H groups in total. The van der Waals surface area contributed by atoms with Gasteiger partial charge in [0.2, 0.25) is 10.0 Å². The number of carbonyl (C=O) groups excluding carboxylic acids is 1. The predicted molar refractivity (Wildman–Crippen MR) is 101 cm³/mol. The number of morpholine rings is 1. The van der Waals surface area contributed by atoms with Crippen molar-refractivity contribution in [3.8, 4) is 0 Å². The first-order chi connectivity index (χ1) is 12.2. The van der Waals surface area contributed by atoms with Crippen molar-refractivity contribution in [3.05, 3.63) is 29.8 Å². The fourth-order valence-electron chi connectivity index (χ4n) is 3.05. The van der Waals surface area contributed by atoms with Crippen LogP contribution in [0, 0.1) is 5.92 Å². The average molecular weight is 384 g/mol. The van der Waals surface area contributed by atoms with Crippen molar-refractivity contribution in [1.82, 2.24) is 14.5 Å². The van der Waals surface area contributed by atoms with Crippen LogP contribution in [0.2, 0.25) is 0 Å². The predicted octanol–water partition coefficient (Wildman–Crippen LogP) is 1.02. The van der Waals surface area contributed by atoms with Crippen LogP contribution in [-0.4, -0.2) is 76.5 Å². The zero-order chi connectivity index (χ0) is 19.3. The monoisotopic (exact) mass is 383 g/mol. The molecule has 0 bridgehead atoms. The number of nitrogens with one attached hydrogen (secondary N) is 1. The number of carbonyl (C=O) groups is 1. The third kappa shape index (κ3) is 5.03. The van der Waals surface area contributed by atoms with Crippen LogP contribution in [0.1, 0.15) is 24.2 Å². The molecule has 1 saturated heterocycles. The van der Waals surface area contributed by atoms with E-state index in [1.54, 1.807) is 12.1 Å². The standard InChI is InChI=1S/C18H29N3O4S/c1-14(2)17(20(3)4)13-19-18(22)15-6-5-7-16(12-15)26(23,24)21-8-10-25-11-9-21/h5-7,12,14,17H,8-11,13H2,1-4H3,(H,19,22). The maximum Gasteiger partial charge on any atom is 0.251 e. The third-order valence-corrected chi connectivity index (χ3v) is 6.50. The highest BCUT2D eigenvalue weighted by Gasteiger charge is 2.27. The van der Waals surface area contributed by atoms with Gasteiger partial charge in [0.25, 0.3) is 5.91 Å². The fraction of sp³-hybridized carbons (Fsp3) is 0.611. The SMILES string of the molecule is CC(C)C(CNC(=O)c1cccc(S(=O)(=O)N2CCOCC2)c1)N(C)C. The molecule has 2 rings (SSSR count).